The molecular formula is C19H17Cl2FN2O. The van der Waals surface area contributed by atoms with Gasteiger partial charge in [0.15, 0.2) is 0 Å². The first kappa shape index (κ1) is 17.8. The Morgan fingerprint density at radius 1 is 1.00 bits per heavy atom. The van der Waals surface area contributed by atoms with Crippen LogP contribution in [-0.4, -0.2) is 37.0 Å². The van der Waals surface area contributed by atoms with Gasteiger partial charge in [-0.05, 0) is 35.9 Å². The number of benzene rings is 2. The lowest BCUT2D eigenvalue weighted by molar-refractivity contribution is -0.126. The molecule has 0 spiro atoms. The van der Waals surface area contributed by atoms with E-state index in [9.17, 15) is 9.18 Å². The number of amides is 1. The number of rotatable bonds is 3. The van der Waals surface area contributed by atoms with Crippen LogP contribution in [0.15, 0.2) is 48.5 Å². The van der Waals surface area contributed by atoms with E-state index in [-0.39, 0.29) is 11.7 Å². The Kier molecular flexibility index (Phi) is 5.61. The third-order valence-electron chi connectivity index (χ3n) is 4.15. The highest BCUT2D eigenvalue weighted by Crippen LogP contribution is 2.23. The summed E-state index contributed by atoms with van der Waals surface area (Å²) >= 11 is 11.8. The second kappa shape index (κ2) is 7.89. The largest absolute Gasteiger partial charge is 0.366 e. The molecule has 3 rings (SSSR count). The Hall–Kier alpha value is -2.04. The SMILES string of the molecule is O=C(/C=C\c1ccc(Cl)c(Cl)c1)N1CCN(c2ccccc2F)CC1. The molecule has 2 aromatic rings. The fourth-order valence-corrected chi connectivity index (χ4v) is 3.07. The Balaban J connectivity index is 1.59. The maximum Gasteiger partial charge on any atom is 0.246 e. The summed E-state index contributed by atoms with van der Waals surface area (Å²) in [4.78, 5) is 16.0. The van der Waals surface area contributed by atoms with Gasteiger partial charge in [-0.15, -0.1) is 0 Å². The van der Waals surface area contributed by atoms with Crippen molar-refractivity contribution in [2.24, 2.45) is 0 Å². The van der Waals surface area contributed by atoms with Crippen molar-refractivity contribution in [2.45, 2.75) is 0 Å². The number of carbonyl (C=O) groups is 1. The van der Waals surface area contributed by atoms with Crippen LogP contribution in [0.1, 0.15) is 5.56 Å². The van der Waals surface area contributed by atoms with Gasteiger partial charge in [0.05, 0.1) is 15.7 Å². The van der Waals surface area contributed by atoms with Crippen LogP contribution in [-0.2, 0) is 4.79 Å². The predicted octanol–water partition coefficient (Wildman–Crippen LogP) is 4.49. The van der Waals surface area contributed by atoms with Gasteiger partial charge in [0.2, 0.25) is 5.91 Å². The Morgan fingerprint density at radius 2 is 1.72 bits per heavy atom. The molecule has 130 valence electrons. The van der Waals surface area contributed by atoms with Crippen LogP contribution in [0.3, 0.4) is 0 Å². The molecule has 0 radical (unpaired) electrons. The lowest BCUT2D eigenvalue weighted by Crippen LogP contribution is -2.48. The summed E-state index contributed by atoms with van der Waals surface area (Å²) in [7, 11) is 0. The first-order chi connectivity index (χ1) is 12.0. The molecule has 0 unspecified atom stereocenters. The summed E-state index contributed by atoms with van der Waals surface area (Å²) in [6, 6.07) is 11.9. The molecule has 0 N–H and O–H groups in total. The van der Waals surface area contributed by atoms with Crippen LogP contribution in [0.25, 0.3) is 6.08 Å². The lowest BCUT2D eigenvalue weighted by Gasteiger charge is -2.35. The number of piperazine rings is 1. The number of carbonyl (C=O) groups excluding carboxylic acids is 1. The van der Waals surface area contributed by atoms with E-state index < -0.39 is 0 Å². The molecule has 0 atom stereocenters. The zero-order chi connectivity index (χ0) is 17.8. The van der Waals surface area contributed by atoms with Gasteiger partial charge in [-0.3, -0.25) is 4.79 Å². The van der Waals surface area contributed by atoms with Crippen molar-refractivity contribution in [3.63, 3.8) is 0 Å². The fraction of sp³-hybridized carbons (Fsp3) is 0.211. The average molecular weight is 379 g/mol. The van der Waals surface area contributed by atoms with E-state index in [2.05, 4.69) is 0 Å². The van der Waals surface area contributed by atoms with Crippen LogP contribution < -0.4 is 4.90 Å². The second-order valence-corrected chi connectivity index (χ2v) is 6.59. The lowest BCUT2D eigenvalue weighted by atomic mass is 10.2. The number of anilines is 1. The van der Waals surface area contributed by atoms with Gasteiger partial charge in [-0.25, -0.2) is 4.39 Å². The Labute approximate surface area is 156 Å². The number of hydrogen-bond acceptors (Lipinski definition) is 2. The van der Waals surface area contributed by atoms with Crippen molar-refractivity contribution in [1.29, 1.82) is 0 Å². The second-order valence-electron chi connectivity index (χ2n) is 5.77. The van der Waals surface area contributed by atoms with Crippen molar-refractivity contribution < 1.29 is 9.18 Å². The van der Waals surface area contributed by atoms with Gasteiger partial charge >= 0.3 is 0 Å². The van der Waals surface area contributed by atoms with Crippen LogP contribution >= 0.6 is 23.2 Å². The van der Waals surface area contributed by atoms with Crippen LogP contribution in [0.5, 0.6) is 0 Å². The Bertz CT molecular complexity index is 802. The maximum absolute atomic E-state index is 13.8. The molecule has 6 heteroatoms. The number of para-hydroxylation sites is 1. The molecule has 1 heterocycles. The van der Waals surface area contributed by atoms with Gasteiger partial charge in [0, 0.05) is 32.3 Å². The first-order valence-corrected chi connectivity index (χ1v) is 8.72. The van der Waals surface area contributed by atoms with Crippen molar-refractivity contribution in [3.8, 4) is 0 Å². The summed E-state index contributed by atoms with van der Waals surface area (Å²) in [5, 5.41) is 0.934. The summed E-state index contributed by atoms with van der Waals surface area (Å²) in [6.45, 7) is 2.32. The van der Waals surface area contributed by atoms with Gasteiger partial charge < -0.3 is 9.80 Å². The Morgan fingerprint density at radius 3 is 2.40 bits per heavy atom. The summed E-state index contributed by atoms with van der Waals surface area (Å²) in [5.41, 5.74) is 1.40. The minimum Gasteiger partial charge on any atom is -0.366 e. The molecule has 0 saturated carbocycles. The molecule has 1 saturated heterocycles. The van der Waals surface area contributed by atoms with Crippen molar-refractivity contribution in [3.05, 3.63) is 70.0 Å². The molecule has 1 fully saturated rings. The molecule has 0 aliphatic carbocycles. The van der Waals surface area contributed by atoms with Crippen molar-refractivity contribution in [2.75, 3.05) is 31.1 Å². The average Bonchev–Trinajstić information content (AvgIpc) is 2.63. The third-order valence-corrected chi connectivity index (χ3v) is 4.89. The molecule has 0 bridgehead atoms. The fourth-order valence-electron chi connectivity index (χ4n) is 2.76. The quantitative estimate of drug-likeness (QED) is 0.734. The molecule has 1 amide bonds. The van der Waals surface area contributed by atoms with E-state index in [1.165, 1.54) is 12.1 Å². The minimum atomic E-state index is -0.234. The van der Waals surface area contributed by atoms with E-state index in [1.54, 1.807) is 41.3 Å². The monoisotopic (exact) mass is 378 g/mol. The number of halogens is 3. The van der Waals surface area contributed by atoms with Crippen LogP contribution in [0.2, 0.25) is 10.0 Å². The maximum atomic E-state index is 13.8. The first-order valence-electron chi connectivity index (χ1n) is 7.96. The highest BCUT2D eigenvalue weighted by molar-refractivity contribution is 6.42. The minimum absolute atomic E-state index is 0.0701. The zero-order valence-corrected chi connectivity index (χ0v) is 15.0. The summed E-state index contributed by atoms with van der Waals surface area (Å²) < 4.78 is 13.8. The molecule has 25 heavy (non-hydrogen) atoms. The molecule has 0 aromatic heterocycles. The van der Waals surface area contributed by atoms with Gasteiger partial charge in [-0.2, -0.15) is 0 Å². The molecule has 1 aliphatic rings. The van der Waals surface area contributed by atoms with E-state index in [1.807, 2.05) is 11.0 Å². The normalized spacial score (nSPS) is 15.0. The summed E-state index contributed by atoms with van der Waals surface area (Å²) in [6.07, 6.45) is 3.24. The zero-order valence-electron chi connectivity index (χ0n) is 13.5. The smallest absolute Gasteiger partial charge is 0.246 e. The van der Waals surface area contributed by atoms with Crippen LogP contribution in [0, 0.1) is 5.82 Å². The highest BCUT2D eigenvalue weighted by atomic mass is 35.5. The van der Waals surface area contributed by atoms with Crippen LogP contribution in [0.4, 0.5) is 10.1 Å². The number of nitrogens with zero attached hydrogens (tertiary/aromatic N) is 2. The van der Waals surface area contributed by atoms with Gasteiger partial charge in [-0.1, -0.05) is 41.4 Å². The van der Waals surface area contributed by atoms with Crippen molar-refractivity contribution >= 4 is 40.9 Å². The summed E-state index contributed by atoms with van der Waals surface area (Å²) in [5.74, 6) is -0.305. The topological polar surface area (TPSA) is 23.6 Å². The van der Waals surface area contributed by atoms with Gasteiger partial charge in [0.1, 0.15) is 5.82 Å². The molecular weight excluding hydrogens is 362 g/mol. The molecule has 2 aromatic carbocycles. The van der Waals surface area contributed by atoms with E-state index in [0.29, 0.717) is 41.9 Å². The van der Waals surface area contributed by atoms with Crippen molar-refractivity contribution in [1.82, 2.24) is 4.90 Å². The number of hydrogen-bond donors (Lipinski definition) is 0. The van der Waals surface area contributed by atoms with E-state index in [4.69, 9.17) is 23.2 Å². The highest BCUT2D eigenvalue weighted by Gasteiger charge is 2.21. The van der Waals surface area contributed by atoms with E-state index in [0.717, 1.165) is 5.56 Å². The predicted molar refractivity (Wildman–Crippen MR) is 101 cm³/mol. The van der Waals surface area contributed by atoms with Gasteiger partial charge in [0.25, 0.3) is 0 Å². The van der Waals surface area contributed by atoms with E-state index >= 15 is 0 Å². The third kappa shape index (κ3) is 4.33. The standard InChI is InChI=1S/C19H17Cl2FN2O/c20-15-7-5-14(13-16(15)21)6-8-19(25)24-11-9-23(10-12-24)18-4-2-1-3-17(18)22/h1-8,13H,9-12H2/b8-6-. The molecule has 1 aliphatic heterocycles. The molecule has 3 nitrogen and oxygen atoms in total.